The lowest BCUT2D eigenvalue weighted by Gasteiger charge is -2.32. The summed E-state index contributed by atoms with van der Waals surface area (Å²) >= 11 is 4.13. The van der Waals surface area contributed by atoms with E-state index in [4.69, 9.17) is 4.74 Å². The molecule has 1 amide bonds. The van der Waals surface area contributed by atoms with Gasteiger partial charge in [0.1, 0.15) is 0 Å². The molecule has 0 saturated carbocycles. The Bertz CT molecular complexity index is 178. The van der Waals surface area contributed by atoms with Crippen LogP contribution in [0, 0.1) is 0 Å². The number of ether oxygens (including phenoxy) is 1. The second-order valence-electron chi connectivity index (χ2n) is 3.47. The Hall–Kier alpha value is -0.220. The van der Waals surface area contributed by atoms with Crippen LogP contribution in [0.1, 0.15) is 19.8 Å². The third-order valence-electron chi connectivity index (χ3n) is 2.44. The van der Waals surface area contributed by atoms with Crippen LogP contribution in [0.25, 0.3) is 0 Å². The number of rotatable bonds is 2. The molecule has 0 radical (unpaired) electrons. The van der Waals surface area contributed by atoms with Gasteiger partial charge in [-0.1, -0.05) is 0 Å². The first-order valence-electron chi connectivity index (χ1n) is 4.65. The normalized spacial score (nSPS) is 21.2. The van der Waals surface area contributed by atoms with Gasteiger partial charge < -0.3 is 9.64 Å². The number of hydrogen-bond acceptors (Lipinski definition) is 3. The minimum absolute atomic E-state index is 0.107. The molecule has 1 unspecified atom stereocenters. The van der Waals surface area contributed by atoms with E-state index in [2.05, 4.69) is 12.6 Å². The van der Waals surface area contributed by atoms with Crippen molar-refractivity contribution in [2.45, 2.75) is 31.1 Å². The molecule has 0 bridgehead atoms. The Morgan fingerprint density at radius 1 is 1.54 bits per heavy atom. The summed E-state index contributed by atoms with van der Waals surface area (Å²) in [6.45, 7) is 3.34. The molecule has 3 nitrogen and oxygen atoms in total. The molecule has 13 heavy (non-hydrogen) atoms. The van der Waals surface area contributed by atoms with E-state index in [9.17, 15) is 4.79 Å². The molecule has 1 aliphatic rings. The fourth-order valence-corrected chi connectivity index (χ4v) is 1.73. The summed E-state index contributed by atoms with van der Waals surface area (Å²) in [6.07, 6.45) is 1.89. The molecule has 1 heterocycles. The van der Waals surface area contributed by atoms with Crippen molar-refractivity contribution < 1.29 is 9.53 Å². The number of carbonyl (C=O) groups excluding carboxylic acids is 1. The van der Waals surface area contributed by atoms with Crippen molar-refractivity contribution in [1.29, 1.82) is 0 Å². The van der Waals surface area contributed by atoms with Crippen LogP contribution in [0.4, 0.5) is 0 Å². The molecule has 1 aliphatic heterocycles. The Morgan fingerprint density at radius 2 is 2.08 bits per heavy atom. The van der Waals surface area contributed by atoms with Crippen LogP contribution in [-0.2, 0) is 9.53 Å². The van der Waals surface area contributed by atoms with Crippen molar-refractivity contribution in [3.63, 3.8) is 0 Å². The number of amides is 1. The number of carbonyl (C=O) groups is 1. The molecule has 1 rings (SSSR count). The van der Waals surface area contributed by atoms with Crippen LogP contribution in [0.5, 0.6) is 0 Å². The van der Waals surface area contributed by atoms with Crippen LogP contribution < -0.4 is 0 Å². The lowest BCUT2D eigenvalue weighted by atomic mass is 10.1. The van der Waals surface area contributed by atoms with E-state index in [1.165, 1.54) is 0 Å². The van der Waals surface area contributed by atoms with E-state index >= 15 is 0 Å². The van der Waals surface area contributed by atoms with Crippen LogP contribution in [0.2, 0.25) is 0 Å². The zero-order chi connectivity index (χ0) is 9.84. The topological polar surface area (TPSA) is 29.5 Å². The first kappa shape index (κ1) is 10.9. The second kappa shape index (κ2) is 4.86. The SMILES string of the molecule is CC(S)C(=O)N(C)C1CCOCC1. The standard InChI is InChI=1S/C9H17NO2S/c1-7(13)9(11)10(2)8-3-5-12-6-4-8/h7-8,13H,3-6H2,1-2H3. The van der Waals surface area contributed by atoms with Gasteiger partial charge in [-0.15, -0.1) is 0 Å². The molecule has 1 fully saturated rings. The fraction of sp³-hybridized carbons (Fsp3) is 0.889. The summed E-state index contributed by atoms with van der Waals surface area (Å²) in [5.41, 5.74) is 0. The van der Waals surface area contributed by atoms with Gasteiger partial charge in [-0.3, -0.25) is 4.79 Å². The minimum Gasteiger partial charge on any atom is -0.381 e. The average Bonchev–Trinajstić information content (AvgIpc) is 2.17. The van der Waals surface area contributed by atoms with E-state index in [1.807, 2.05) is 7.05 Å². The Labute approximate surface area is 84.8 Å². The smallest absolute Gasteiger partial charge is 0.235 e. The lowest BCUT2D eigenvalue weighted by molar-refractivity contribution is -0.132. The molecule has 1 saturated heterocycles. The fourth-order valence-electron chi connectivity index (χ4n) is 1.55. The molecular formula is C9H17NO2S. The van der Waals surface area contributed by atoms with Gasteiger partial charge in [0.2, 0.25) is 5.91 Å². The van der Waals surface area contributed by atoms with E-state index < -0.39 is 0 Å². The summed E-state index contributed by atoms with van der Waals surface area (Å²) in [7, 11) is 1.85. The van der Waals surface area contributed by atoms with E-state index in [-0.39, 0.29) is 11.2 Å². The van der Waals surface area contributed by atoms with E-state index in [1.54, 1.807) is 11.8 Å². The summed E-state index contributed by atoms with van der Waals surface area (Å²) < 4.78 is 5.23. The van der Waals surface area contributed by atoms with Crippen molar-refractivity contribution >= 4 is 18.5 Å². The molecule has 0 aliphatic carbocycles. The first-order chi connectivity index (χ1) is 6.13. The highest BCUT2D eigenvalue weighted by atomic mass is 32.1. The summed E-state index contributed by atoms with van der Waals surface area (Å²) in [5.74, 6) is 0.107. The van der Waals surface area contributed by atoms with Crippen molar-refractivity contribution in [2.75, 3.05) is 20.3 Å². The first-order valence-corrected chi connectivity index (χ1v) is 5.17. The molecule has 0 aromatic heterocycles. The van der Waals surface area contributed by atoms with Gasteiger partial charge in [-0.2, -0.15) is 12.6 Å². The molecule has 0 N–H and O–H groups in total. The highest BCUT2D eigenvalue weighted by molar-refractivity contribution is 7.81. The maximum absolute atomic E-state index is 11.6. The third kappa shape index (κ3) is 2.88. The molecule has 1 atom stereocenters. The number of nitrogens with zero attached hydrogens (tertiary/aromatic N) is 1. The van der Waals surface area contributed by atoms with Crippen LogP contribution in [-0.4, -0.2) is 42.4 Å². The number of hydrogen-bond donors (Lipinski definition) is 1. The van der Waals surface area contributed by atoms with Gasteiger partial charge in [0, 0.05) is 26.3 Å². The largest absolute Gasteiger partial charge is 0.381 e. The molecular weight excluding hydrogens is 186 g/mol. The van der Waals surface area contributed by atoms with Gasteiger partial charge in [0.15, 0.2) is 0 Å². The maximum atomic E-state index is 11.6. The number of thiol groups is 1. The van der Waals surface area contributed by atoms with Gasteiger partial charge in [-0.25, -0.2) is 0 Å². The van der Waals surface area contributed by atoms with E-state index in [0.29, 0.717) is 6.04 Å². The molecule has 4 heteroatoms. The minimum atomic E-state index is -0.201. The van der Waals surface area contributed by atoms with Crippen LogP contribution in [0.15, 0.2) is 0 Å². The van der Waals surface area contributed by atoms with Crippen molar-refractivity contribution in [3.8, 4) is 0 Å². The second-order valence-corrected chi connectivity index (χ2v) is 4.24. The quantitative estimate of drug-likeness (QED) is 0.677. The predicted molar refractivity (Wildman–Crippen MR) is 55.1 cm³/mol. The van der Waals surface area contributed by atoms with Gasteiger partial charge in [0.05, 0.1) is 5.25 Å². The van der Waals surface area contributed by atoms with E-state index in [0.717, 1.165) is 26.1 Å². The predicted octanol–water partition coefficient (Wildman–Crippen LogP) is 0.942. The van der Waals surface area contributed by atoms with Crippen LogP contribution >= 0.6 is 12.6 Å². The van der Waals surface area contributed by atoms with Crippen molar-refractivity contribution in [2.24, 2.45) is 0 Å². The molecule has 0 aromatic carbocycles. The van der Waals surface area contributed by atoms with Gasteiger partial charge in [0.25, 0.3) is 0 Å². The molecule has 76 valence electrons. The monoisotopic (exact) mass is 203 g/mol. The zero-order valence-electron chi connectivity index (χ0n) is 8.19. The van der Waals surface area contributed by atoms with Crippen molar-refractivity contribution in [1.82, 2.24) is 4.90 Å². The lowest BCUT2D eigenvalue weighted by Crippen LogP contribution is -2.43. The Morgan fingerprint density at radius 3 is 2.54 bits per heavy atom. The highest BCUT2D eigenvalue weighted by Crippen LogP contribution is 2.14. The van der Waals surface area contributed by atoms with Crippen LogP contribution in [0.3, 0.4) is 0 Å². The third-order valence-corrected chi connectivity index (χ3v) is 2.66. The summed E-state index contributed by atoms with van der Waals surface area (Å²) in [6, 6.07) is 0.343. The summed E-state index contributed by atoms with van der Waals surface area (Å²) in [4.78, 5) is 13.4. The zero-order valence-corrected chi connectivity index (χ0v) is 9.09. The maximum Gasteiger partial charge on any atom is 0.235 e. The van der Waals surface area contributed by atoms with Gasteiger partial charge >= 0.3 is 0 Å². The summed E-state index contributed by atoms with van der Waals surface area (Å²) in [5, 5.41) is -0.201. The average molecular weight is 203 g/mol. The van der Waals surface area contributed by atoms with Gasteiger partial charge in [-0.05, 0) is 19.8 Å². The molecule has 0 spiro atoms. The Kier molecular flexibility index (Phi) is 4.06. The highest BCUT2D eigenvalue weighted by Gasteiger charge is 2.23. The van der Waals surface area contributed by atoms with Crippen molar-refractivity contribution in [3.05, 3.63) is 0 Å². The molecule has 0 aromatic rings. The Balaban J connectivity index is 2.45.